The van der Waals surface area contributed by atoms with E-state index in [2.05, 4.69) is 5.43 Å². The lowest BCUT2D eigenvalue weighted by molar-refractivity contribution is 0.295. The fourth-order valence-electron chi connectivity index (χ4n) is 1.77. The van der Waals surface area contributed by atoms with Crippen molar-refractivity contribution in [1.29, 1.82) is 0 Å². The molecule has 0 aromatic heterocycles. The Balaban J connectivity index is 2.29. The number of epoxide rings is 1. The molecule has 1 aromatic carbocycles. The number of hydrogen-bond donors (Lipinski definition) is 2. The van der Waals surface area contributed by atoms with Crippen molar-refractivity contribution >= 4 is 7.85 Å². The van der Waals surface area contributed by atoms with Crippen LogP contribution in [0.2, 0.25) is 0 Å². The number of nitrogens with two attached hydrogens (primary N) is 1. The number of nitrogens with one attached hydrogen (secondary N) is 1. The monoisotopic (exact) mass is 194 g/mol. The summed E-state index contributed by atoms with van der Waals surface area (Å²) < 4.78 is 18.5. The van der Waals surface area contributed by atoms with E-state index in [0.29, 0.717) is 6.54 Å². The summed E-state index contributed by atoms with van der Waals surface area (Å²) in [6, 6.07) is 6.52. The molecule has 0 radical (unpaired) electrons. The van der Waals surface area contributed by atoms with Gasteiger partial charge in [0, 0.05) is 6.54 Å². The van der Waals surface area contributed by atoms with Gasteiger partial charge in [0.05, 0.1) is 6.00 Å². The first-order chi connectivity index (χ1) is 6.69. The summed E-state index contributed by atoms with van der Waals surface area (Å²) in [5.41, 5.74) is 2.97. The van der Waals surface area contributed by atoms with E-state index < -0.39 is 5.60 Å². The third-order valence-electron chi connectivity index (χ3n) is 2.66. The summed E-state index contributed by atoms with van der Waals surface area (Å²) in [5, 5.41) is 0. The predicted molar refractivity (Wildman–Crippen MR) is 53.7 cm³/mol. The van der Waals surface area contributed by atoms with Crippen LogP contribution < -0.4 is 11.3 Å². The standard InChI is InChI=1S/C9H12BFN2O/c10-8-9(14-8,5-13-12)6-2-1-3-7(11)4-6/h1-4,8,13H,5,10,12H2. The van der Waals surface area contributed by atoms with E-state index in [0.717, 1.165) is 5.56 Å². The van der Waals surface area contributed by atoms with E-state index in [1.807, 2.05) is 13.9 Å². The van der Waals surface area contributed by atoms with E-state index in [1.54, 1.807) is 6.07 Å². The van der Waals surface area contributed by atoms with Crippen LogP contribution in [0, 0.1) is 5.82 Å². The maximum absolute atomic E-state index is 13.0. The average molecular weight is 194 g/mol. The molecule has 0 amide bonds. The molecule has 3 nitrogen and oxygen atoms in total. The third-order valence-corrected chi connectivity index (χ3v) is 2.66. The van der Waals surface area contributed by atoms with Crippen LogP contribution in [0.3, 0.4) is 0 Å². The zero-order chi connectivity index (χ0) is 10.2. The maximum atomic E-state index is 13.0. The highest BCUT2D eigenvalue weighted by Gasteiger charge is 2.53. The van der Waals surface area contributed by atoms with Gasteiger partial charge in [0.2, 0.25) is 0 Å². The van der Waals surface area contributed by atoms with Gasteiger partial charge in [-0.2, -0.15) is 0 Å². The van der Waals surface area contributed by atoms with Gasteiger partial charge in [-0.05, 0) is 17.7 Å². The number of benzene rings is 1. The van der Waals surface area contributed by atoms with Crippen LogP contribution in [-0.4, -0.2) is 20.4 Å². The highest BCUT2D eigenvalue weighted by Crippen LogP contribution is 2.43. The van der Waals surface area contributed by atoms with Gasteiger partial charge >= 0.3 is 0 Å². The minimum atomic E-state index is -0.434. The Labute approximate surface area is 82.8 Å². The van der Waals surface area contributed by atoms with Crippen LogP contribution in [-0.2, 0) is 10.3 Å². The summed E-state index contributed by atoms with van der Waals surface area (Å²) >= 11 is 0. The molecule has 0 bridgehead atoms. The quantitative estimate of drug-likeness (QED) is 0.294. The van der Waals surface area contributed by atoms with Crippen molar-refractivity contribution in [2.45, 2.75) is 11.6 Å². The molecule has 3 N–H and O–H groups in total. The third kappa shape index (κ3) is 1.43. The van der Waals surface area contributed by atoms with Crippen LogP contribution >= 0.6 is 0 Å². The largest absolute Gasteiger partial charge is 0.369 e. The molecule has 2 unspecified atom stereocenters. The molecule has 1 aliphatic heterocycles. The molecule has 1 saturated heterocycles. The summed E-state index contributed by atoms with van der Waals surface area (Å²) in [6.07, 6.45) is 0. The van der Waals surface area contributed by atoms with Crippen molar-refractivity contribution in [2.24, 2.45) is 5.84 Å². The lowest BCUT2D eigenvalue weighted by atomic mass is 9.86. The Bertz CT molecular complexity index is 349. The molecule has 1 aromatic rings. The highest BCUT2D eigenvalue weighted by molar-refractivity contribution is 6.13. The molecule has 0 saturated carbocycles. The molecule has 1 fully saturated rings. The Morgan fingerprint density at radius 3 is 2.86 bits per heavy atom. The van der Waals surface area contributed by atoms with Gasteiger partial charge in [0.15, 0.2) is 0 Å². The first-order valence-corrected chi connectivity index (χ1v) is 4.56. The van der Waals surface area contributed by atoms with Crippen molar-refractivity contribution in [3.05, 3.63) is 35.6 Å². The second-order valence-corrected chi connectivity index (χ2v) is 3.54. The summed E-state index contributed by atoms with van der Waals surface area (Å²) in [5.74, 6) is 5.02. The molecular formula is C9H12BFN2O. The van der Waals surface area contributed by atoms with E-state index in [4.69, 9.17) is 10.6 Å². The maximum Gasteiger partial charge on any atom is 0.143 e. The molecule has 0 spiro atoms. The van der Waals surface area contributed by atoms with Gasteiger partial charge in [-0.1, -0.05) is 12.1 Å². The van der Waals surface area contributed by atoms with Crippen molar-refractivity contribution in [3.8, 4) is 0 Å². The zero-order valence-electron chi connectivity index (χ0n) is 7.96. The van der Waals surface area contributed by atoms with Crippen LogP contribution in [0.25, 0.3) is 0 Å². The second-order valence-electron chi connectivity index (χ2n) is 3.54. The molecule has 74 valence electrons. The normalized spacial score (nSPS) is 30.3. The number of halogens is 1. The number of ether oxygens (including phenoxy) is 1. The smallest absolute Gasteiger partial charge is 0.143 e. The van der Waals surface area contributed by atoms with Crippen molar-refractivity contribution < 1.29 is 9.13 Å². The van der Waals surface area contributed by atoms with Crippen LogP contribution in [0.15, 0.2) is 24.3 Å². The highest BCUT2D eigenvalue weighted by atomic mass is 19.1. The van der Waals surface area contributed by atoms with E-state index in [1.165, 1.54) is 12.1 Å². The number of hydrogen-bond acceptors (Lipinski definition) is 3. The van der Waals surface area contributed by atoms with Crippen LogP contribution in [0.5, 0.6) is 0 Å². The second kappa shape index (κ2) is 3.35. The fraction of sp³-hybridized carbons (Fsp3) is 0.333. The first-order valence-electron chi connectivity index (χ1n) is 4.56. The van der Waals surface area contributed by atoms with Gasteiger partial charge in [-0.15, -0.1) is 0 Å². The summed E-state index contributed by atoms with van der Waals surface area (Å²) in [7, 11) is 1.95. The van der Waals surface area contributed by atoms with Gasteiger partial charge in [0.25, 0.3) is 0 Å². The summed E-state index contributed by atoms with van der Waals surface area (Å²) in [4.78, 5) is 0. The van der Waals surface area contributed by atoms with E-state index in [9.17, 15) is 4.39 Å². The van der Waals surface area contributed by atoms with Gasteiger partial charge in [-0.3, -0.25) is 11.3 Å². The van der Waals surface area contributed by atoms with Gasteiger partial charge < -0.3 is 4.74 Å². The molecule has 2 atom stereocenters. The molecule has 1 aliphatic rings. The average Bonchev–Trinajstić information content (AvgIpc) is 2.79. The molecule has 1 heterocycles. The SMILES string of the molecule is BC1OC1(CNN)c1cccc(F)c1. The molecule has 5 heteroatoms. The van der Waals surface area contributed by atoms with Crippen LogP contribution in [0.4, 0.5) is 4.39 Å². The topological polar surface area (TPSA) is 50.6 Å². The van der Waals surface area contributed by atoms with Crippen molar-refractivity contribution in [2.75, 3.05) is 6.54 Å². The Kier molecular flexibility index (Phi) is 2.30. The number of hydrazine groups is 1. The lowest BCUT2D eigenvalue weighted by Crippen LogP contribution is -2.34. The van der Waals surface area contributed by atoms with E-state index in [-0.39, 0.29) is 11.8 Å². The lowest BCUT2D eigenvalue weighted by Gasteiger charge is -2.12. The Morgan fingerprint density at radius 2 is 2.36 bits per heavy atom. The predicted octanol–water partition coefficient (Wildman–Crippen LogP) is -0.526. The Morgan fingerprint density at radius 1 is 1.64 bits per heavy atom. The minimum Gasteiger partial charge on any atom is -0.369 e. The van der Waals surface area contributed by atoms with Crippen molar-refractivity contribution in [1.82, 2.24) is 5.43 Å². The van der Waals surface area contributed by atoms with Crippen LogP contribution in [0.1, 0.15) is 5.56 Å². The van der Waals surface area contributed by atoms with E-state index >= 15 is 0 Å². The van der Waals surface area contributed by atoms with Crippen molar-refractivity contribution in [3.63, 3.8) is 0 Å². The molecular weight excluding hydrogens is 182 g/mol. The first kappa shape index (κ1) is 9.64. The van der Waals surface area contributed by atoms with Gasteiger partial charge in [-0.25, -0.2) is 4.39 Å². The molecule has 14 heavy (non-hydrogen) atoms. The zero-order valence-corrected chi connectivity index (χ0v) is 7.96. The number of rotatable bonds is 3. The summed E-state index contributed by atoms with van der Waals surface area (Å²) in [6.45, 7) is 0.498. The fourth-order valence-corrected chi connectivity index (χ4v) is 1.77. The Hall–Kier alpha value is -0.905. The minimum absolute atomic E-state index is 0.0837. The molecule has 0 aliphatic carbocycles. The van der Waals surface area contributed by atoms with Gasteiger partial charge in [0.1, 0.15) is 19.3 Å². The molecule has 2 rings (SSSR count).